The molecule has 2 N–H and O–H groups in total. The Bertz CT molecular complexity index is 1330. The summed E-state index contributed by atoms with van der Waals surface area (Å²) in [4.78, 5) is 12.3. The van der Waals surface area contributed by atoms with E-state index in [-0.39, 0.29) is 6.61 Å². The SMILES string of the molecule is NC(=O)C1(c2cc(F)cc(OCc3ccc4c(Cl)cc5nncn5c4c3)c2)CCOCC1. The topological polar surface area (TPSA) is 91.7 Å². The fourth-order valence-electron chi connectivity index (χ4n) is 4.27. The third kappa shape index (κ3) is 3.55. The van der Waals surface area contributed by atoms with Crippen LogP contribution in [0, 0.1) is 5.82 Å². The molecule has 4 aromatic rings. The van der Waals surface area contributed by atoms with Crippen LogP contribution in [0.4, 0.5) is 4.39 Å². The fourth-order valence-corrected chi connectivity index (χ4v) is 4.53. The monoisotopic (exact) mass is 454 g/mol. The van der Waals surface area contributed by atoms with Crippen molar-refractivity contribution in [1.29, 1.82) is 0 Å². The number of amides is 1. The summed E-state index contributed by atoms with van der Waals surface area (Å²) < 4.78 is 27.6. The van der Waals surface area contributed by atoms with Gasteiger partial charge in [-0.25, -0.2) is 4.39 Å². The second-order valence-corrected chi connectivity index (χ2v) is 8.33. The summed E-state index contributed by atoms with van der Waals surface area (Å²) in [7, 11) is 0. The van der Waals surface area contributed by atoms with Crippen molar-refractivity contribution in [3.8, 4) is 5.75 Å². The minimum atomic E-state index is -0.960. The Morgan fingerprint density at radius 2 is 2.03 bits per heavy atom. The summed E-state index contributed by atoms with van der Waals surface area (Å²) in [5.74, 6) is -0.643. The highest BCUT2D eigenvalue weighted by Crippen LogP contribution is 2.37. The number of nitrogens with two attached hydrogens (primary N) is 1. The van der Waals surface area contributed by atoms with E-state index in [0.717, 1.165) is 16.5 Å². The number of halogens is 2. The van der Waals surface area contributed by atoms with Crippen LogP contribution in [0.5, 0.6) is 5.75 Å². The van der Waals surface area contributed by atoms with Crippen molar-refractivity contribution < 1.29 is 18.7 Å². The number of nitrogens with zero attached hydrogens (tertiary/aromatic N) is 3. The molecular weight excluding hydrogens is 435 g/mol. The maximum Gasteiger partial charge on any atom is 0.228 e. The molecule has 3 heterocycles. The minimum Gasteiger partial charge on any atom is -0.489 e. The van der Waals surface area contributed by atoms with E-state index in [4.69, 9.17) is 26.8 Å². The number of carbonyl (C=O) groups is 1. The molecule has 2 aromatic carbocycles. The lowest BCUT2D eigenvalue weighted by atomic mass is 9.73. The van der Waals surface area contributed by atoms with Crippen molar-refractivity contribution >= 4 is 34.1 Å². The number of hydrogen-bond donors (Lipinski definition) is 1. The van der Waals surface area contributed by atoms with Gasteiger partial charge in [0.05, 0.1) is 16.0 Å². The summed E-state index contributed by atoms with van der Waals surface area (Å²) in [5, 5.41) is 9.42. The first-order valence-electron chi connectivity index (χ1n) is 10.2. The second-order valence-electron chi connectivity index (χ2n) is 7.93. The van der Waals surface area contributed by atoms with Gasteiger partial charge in [-0.15, -0.1) is 10.2 Å². The van der Waals surface area contributed by atoms with E-state index in [1.54, 1.807) is 18.5 Å². The quantitative estimate of drug-likeness (QED) is 0.495. The van der Waals surface area contributed by atoms with Crippen molar-refractivity contribution in [2.45, 2.75) is 24.9 Å². The number of rotatable bonds is 5. The predicted molar refractivity (Wildman–Crippen MR) is 117 cm³/mol. The molecule has 1 amide bonds. The van der Waals surface area contributed by atoms with Crippen LogP contribution >= 0.6 is 11.6 Å². The summed E-state index contributed by atoms with van der Waals surface area (Å²) in [5.41, 5.74) is 7.61. The number of ether oxygens (including phenoxy) is 2. The van der Waals surface area contributed by atoms with Gasteiger partial charge in [0.25, 0.3) is 0 Å². The Morgan fingerprint density at radius 3 is 2.81 bits per heavy atom. The number of hydrogen-bond acceptors (Lipinski definition) is 5. The number of aromatic nitrogens is 3. The van der Waals surface area contributed by atoms with Crippen LogP contribution in [-0.2, 0) is 21.6 Å². The van der Waals surface area contributed by atoms with Gasteiger partial charge in [0.15, 0.2) is 5.65 Å². The van der Waals surface area contributed by atoms with E-state index >= 15 is 0 Å². The third-order valence-corrected chi connectivity index (χ3v) is 6.37. The number of benzene rings is 2. The van der Waals surface area contributed by atoms with Gasteiger partial charge in [-0.2, -0.15) is 0 Å². The Kier molecular flexibility index (Phi) is 5.19. The van der Waals surface area contributed by atoms with E-state index in [0.29, 0.717) is 48.0 Å². The van der Waals surface area contributed by atoms with E-state index < -0.39 is 17.1 Å². The van der Waals surface area contributed by atoms with Gasteiger partial charge in [0, 0.05) is 30.7 Å². The highest BCUT2D eigenvalue weighted by atomic mass is 35.5. The Hall–Kier alpha value is -3.23. The zero-order chi connectivity index (χ0) is 22.3. The molecule has 2 aromatic heterocycles. The van der Waals surface area contributed by atoms with Gasteiger partial charge >= 0.3 is 0 Å². The Morgan fingerprint density at radius 1 is 1.22 bits per heavy atom. The molecule has 164 valence electrons. The zero-order valence-corrected chi connectivity index (χ0v) is 17.8. The molecule has 5 rings (SSSR count). The molecule has 0 unspecified atom stereocenters. The largest absolute Gasteiger partial charge is 0.489 e. The summed E-state index contributed by atoms with van der Waals surface area (Å²) in [6.07, 6.45) is 2.44. The van der Waals surface area contributed by atoms with E-state index in [1.165, 1.54) is 12.1 Å². The third-order valence-electron chi connectivity index (χ3n) is 6.06. The standard InChI is InChI=1S/C23H20ClFN4O3/c24-19-11-21-28-27-13-29(21)20-7-14(1-2-18(19)20)12-32-17-9-15(8-16(25)10-17)23(22(26)30)3-5-31-6-4-23/h1-2,7-11,13H,3-6,12H2,(H2,26,30). The lowest BCUT2D eigenvalue weighted by Crippen LogP contribution is -2.45. The molecule has 9 heteroatoms. The highest BCUT2D eigenvalue weighted by Gasteiger charge is 2.40. The smallest absolute Gasteiger partial charge is 0.228 e. The lowest BCUT2D eigenvalue weighted by molar-refractivity contribution is -0.127. The normalized spacial score (nSPS) is 15.8. The zero-order valence-electron chi connectivity index (χ0n) is 17.1. The number of carbonyl (C=O) groups excluding carboxylic acids is 1. The molecule has 32 heavy (non-hydrogen) atoms. The number of fused-ring (bicyclic) bond motifs is 3. The molecule has 0 saturated carbocycles. The van der Waals surface area contributed by atoms with Crippen molar-refractivity contribution in [3.63, 3.8) is 0 Å². The molecule has 1 aliphatic heterocycles. The lowest BCUT2D eigenvalue weighted by Gasteiger charge is -2.34. The summed E-state index contributed by atoms with van der Waals surface area (Å²) in [6, 6.07) is 11.8. The summed E-state index contributed by atoms with van der Waals surface area (Å²) in [6.45, 7) is 0.987. The van der Waals surface area contributed by atoms with E-state index in [1.807, 2.05) is 22.6 Å². The van der Waals surface area contributed by atoms with Gasteiger partial charge in [0.1, 0.15) is 24.5 Å². The molecule has 0 spiro atoms. The minimum absolute atomic E-state index is 0.196. The van der Waals surface area contributed by atoms with Crippen molar-refractivity contribution in [2.24, 2.45) is 5.73 Å². The highest BCUT2D eigenvalue weighted by molar-refractivity contribution is 6.35. The van der Waals surface area contributed by atoms with Gasteiger partial charge in [0.2, 0.25) is 5.91 Å². The number of pyridine rings is 1. The average molecular weight is 455 g/mol. The molecule has 1 saturated heterocycles. The van der Waals surface area contributed by atoms with E-state index in [9.17, 15) is 9.18 Å². The average Bonchev–Trinajstić information content (AvgIpc) is 3.26. The van der Waals surface area contributed by atoms with Crippen LogP contribution in [0.15, 0.2) is 48.8 Å². The molecule has 0 bridgehead atoms. The molecule has 1 aliphatic rings. The maximum absolute atomic E-state index is 14.4. The number of primary amides is 1. The van der Waals surface area contributed by atoms with Crippen LogP contribution in [0.25, 0.3) is 16.6 Å². The van der Waals surface area contributed by atoms with Crippen LogP contribution in [0.3, 0.4) is 0 Å². The first-order chi connectivity index (χ1) is 15.5. The van der Waals surface area contributed by atoms with Crippen molar-refractivity contribution in [2.75, 3.05) is 13.2 Å². The Labute approximate surface area is 187 Å². The van der Waals surface area contributed by atoms with Crippen LogP contribution in [0.2, 0.25) is 5.02 Å². The van der Waals surface area contributed by atoms with Crippen LogP contribution in [0.1, 0.15) is 24.0 Å². The Balaban J connectivity index is 1.45. The molecule has 1 fully saturated rings. The fraction of sp³-hybridized carbons (Fsp3) is 0.261. The predicted octanol–water partition coefficient (Wildman–Crippen LogP) is 3.79. The molecular formula is C23H20ClFN4O3. The van der Waals surface area contributed by atoms with E-state index in [2.05, 4.69) is 10.2 Å². The molecule has 7 nitrogen and oxygen atoms in total. The van der Waals surface area contributed by atoms with Crippen LogP contribution < -0.4 is 10.5 Å². The van der Waals surface area contributed by atoms with Gasteiger partial charge in [-0.3, -0.25) is 9.20 Å². The second kappa shape index (κ2) is 8.03. The van der Waals surface area contributed by atoms with Gasteiger partial charge in [-0.1, -0.05) is 23.7 Å². The van der Waals surface area contributed by atoms with Crippen molar-refractivity contribution in [1.82, 2.24) is 14.6 Å². The summed E-state index contributed by atoms with van der Waals surface area (Å²) >= 11 is 6.36. The molecule has 0 aliphatic carbocycles. The first kappa shape index (κ1) is 20.7. The molecule has 0 radical (unpaired) electrons. The first-order valence-corrected chi connectivity index (χ1v) is 10.6. The van der Waals surface area contributed by atoms with Crippen molar-refractivity contribution in [3.05, 3.63) is 70.8 Å². The van der Waals surface area contributed by atoms with Crippen LogP contribution in [-0.4, -0.2) is 33.7 Å². The van der Waals surface area contributed by atoms with Gasteiger partial charge in [-0.05, 0) is 42.2 Å². The maximum atomic E-state index is 14.4. The molecule has 0 atom stereocenters. The van der Waals surface area contributed by atoms with Gasteiger partial charge < -0.3 is 15.2 Å².